The summed E-state index contributed by atoms with van der Waals surface area (Å²) in [5.74, 6) is 1.86. The van der Waals surface area contributed by atoms with Gasteiger partial charge in [0.25, 0.3) is 0 Å². The van der Waals surface area contributed by atoms with Crippen LogP contribution in [0.4, 0.5) is 0 Å². The summed E-state index contributed by atoms with van der Waals surface area (Å²) in [6.07, 6.45) is 3.45. The lowest BCUT2D eigenvalue weighted by Crippen LogP contribution is -2.02. The van der Waals surface area contributed by atoms with Crippen LogP contribution in [0.1, 0.15) is 36.7 Å². The Morgan fingerprint density at radius 2 is 1.87 bits per heavy atom. The smallest absolute Gasteiger partial charge is 0.189 e. The van der Waals surface area contributed by atoms with Crippen molar-refractivity contribution in [3.8, 4) is 11.4 Å². The Morgan fingerprint density at radius 3 is 2.67 bits per heavy atom. The maximum absolute atomic E-state index is 6.10. The van der Waals surface area contributed by atoms with E-state index in [2.05, 4.69) is 54.2 Å². The summed E-state index contributed by atoms with van der Waals surface area (Å²) in [5, 5.41) is 9.88. The third-order valence-electron chi connectivity index (χ3n) is 5.10. The van der Waals surface area contributed by atoms with Gasteiger partial charge in [-0.25, -0.2) is 19.2 Å². The molecule has 0 aliphatic heterocycles. The molecule has 0 saturated heterocycles. The van der Waals surface area contributed by atoms with E-state index in [4.69, 9.17) is 9.72 Å². The third-order valence-corrected chi connectivity index (χ3v) is 5.10. The molecule has 150 valence electrons. The molecule has 0 spiro atoms. The molecule has 0 radical (unpaired) electrons. The first-order valence-electron chi connectivity index (χ1n) is 9.97. The summed E-state index contributed by atoms with van der Waals surface area (Å²) >= 11 is 0. The highest BCUT2D eigenvalue weighted by molar-refractivity contribution is 5.89. The van der Waals surface area contributed by atoms with Gasteiger partial charge in [-0.2, -0.15) is 5.10 Å². The molecule has 5 rings (SSSR count). The maximum Gasteiger partial charge on any atom is 0.189 e. The van der Waals surface area contributed by atoms with Crippen molar-refractivity contribution in [2.75, 3.05) is 0 Å². The summed E-state index contributed by atoms with van der Waals surface area (Å²) < 4.78 is 9.59. The summed E-state index contributed by atoms with van der Waals surface area (Å²) in [5.41, 5.74) is 4.76. The van der Waals surface area contributed by atoms with Crippen molar-refractivity contribution in [3.63, 3.8) is 0 Å². The summed E-state index contributed by atoms with van der Waals surface area (Å²) in [7, 11) is 0. The van der Waals surface area contributed by atoms with E-state index >= 15 is 0 Å². The number of para-hydroxylation sites is 1. The monoisotopic (exact) mass is 398 g/mol. The number of hydrogen-bond acceptors (Lipinski definition) is 5. The minimum Gasteiger partial charge on any atom is -0.485 e. The fraction of sp³-hybridized carbons (Fsp3) is 0.217. The number of benzene rings is 2. The van der Waals surface area contributed by atoms with E-state index in [0.717, 1.165) is 28.0 Å². The Bertz CT molecular complexity index is 1340. The van der Waals surface area contributed by atoms with Gasteiger partial charge in [0, 0.05) is 0 Å². The van der Waals surface area contributed by atoms with Gasteiger partial charge in [0.05, 0.1) is 17.3 Å². The van der Waals surface area contributed by atoms with Crippen LogP contribution >= 0.6 is 0 Å². The van der Waals surface area contributed by atoms with Crippen molar-refractivity contribution in [1.82, 2.24) is 29.4 Å². The maximum atomic E-state index is 6.10. The van der Waals surface area contributed by atoms with E-state index in [9.17, 15) is 0 Å². The standard InChI is InChI=1S/C23H22N6O/c1-15(2)18-10-9-16(3)11-20(18)30-13-21-26-23-19-12-25-29(17-7-5-4-6-8-17)22(19)24-14-28(23)27-21/h4-12,14-15H,13H2,1-3H3. The zero-order valence-electron chi connectivity index (χ0n) is 17.1. The molecule has 0 saturated carbocycles. The second kappa shape index (κ2) is 7.26. The molecule has 0 atom stereocenters. The van der Waals surface area contributed by atoms with Gasteiger partial charge in [-0.3, -0.25) is 0 Å². The van der Waals surface area contributed by atoms with Crippen molar-refractivity contribution < 1.29 is 4.74 Å². The summed E-state index contributed by atoms with van der Waals surface area (Å²) in [6.45, 7) is 6.67. The number of nitrogens with zero attached hydrogens (tertiary/aromatic N) is 6. The number of aromatic nitrogens is 6. The zero-order chi connectivity index (χ0) is 20.7. The average Bonchev–Trinajstić information content (AvgIpc) is 3.36. The fourth-order valence-electron chi connectivity index (χ4n) is 3.57. The molecular formula is C23H22N6O. The van der Waals surface area contributed by atoms with Gasteiger partial charge in [0.15, 0.2) is 17.1 Å². The van der Waals surface area contributed by atoms with E-state index < -0.39 is 0 Å². The lowest BCUT2D eigenvalue weighted by Gasteiger charge is -2.13. The average molecular weight is 398 g/mol. The summed E-state index contributed by atoms with van der Waals surface area (Å²) in [6, 6.07) is 16.2. The number of aryl methyl sites for hydroxylation is 1. The van der Waals surface area contributed by atoms with Gasteiger partial charge < -0.3 is 4.74 Å². The molecule has 5 aromatic rings. The molecule has 7 heteroatoms. The first-order chi connectivity index (χ1) is 14.6. The van der Waals surface area contributed by atoms with Gasteiger partial charge in [0.1, 0.15) is 18.7 Å². The third kappa shape index (κ3) is 3.18. The van der Waals surface area contributed by atoms with E-state index in [0.29, 0.717) is 24.0 Å². The van der Waals surface area contributed by atoms with E-state index in [-0.39, 0.29) is 0 Å². The molecule has 7 nitrogen and oxygen atoms in total. The second-order valence-electron chi connectivity index (χ2n) is 7.65. The Morgan fingerprint density at radius 1 is 1.03 bits per heavy atom. The van der Waals surface area contributed by atoms with Crippen molar-refractivity contribution in [2.45, 2.75) is 33.3 Å². The molecule has 0 aliphatic carbocycles. The molecule has 0 unspecified atom stereocenters. The molecule has 2 aromatic carbocycles. The Kier molecular flexibility index (Phi) is 4.43. The minimum absolute atomic E-state index is 0.291. The van der Waals surface area contributed by atoms with Crippen LogP contribution in [0.2, 0.25) is 0 Å². The highest BCUT2D eigenvalue weighted by Gasteiger charge is 2.15. The molecule has 3 aromatic heterocycles. The normalized spacial score (nSPS) is 11.6. The molecule has 0 bridgehead atoms. The Hall–Kier alpha value is -3.74. The first-order valence-corrected chi connectivity index (χ1v) is 9.97. The van der Waals surface area contributed by atoms with Crippen LogP contribution < -0.4 is 4.74 Å². The molecule has 0 amide bonds. The van der Waals surface area contributed by atoms with Crippen molar-refractivity contribution in [3.05, 3.63) is 78.0 Å². The van der Waals surface area contributed by atoms with Crippen molar-refractivity contribution in [1.29, 1.82) is 0 Å². The van der Waals surface area contributed by atoms with Crippen LogP contribution in [0.5, 0.6) is 5.75 Å². The van der Waals surface area contributed by atoms with Crippen LogP contribution in [0, 0.1) is 6.92 Å². The van der Waals surface area contributed by atoms with Gasteiger partial charge in [0.2, 0.25) is 0 Å². The fourth-order valence-corrected chi connectivity index (χ4v) is 3.57. The van der Waals surface area contributed by atoms with Gasteiger partial charge in [-0.15, -0.1) is 5.10 Å². The van der Waals surface area contributed by atoms with Crippen molar-refractivity contribution >= 4 is 16.7 Å². The van der Waals surface area contributed by atoms with Gasteiger partial charge in [-0.05, 0) is 42.2 Å². The molecule has 30 heavy (non-hydrogen) atoms. The van der Waals surface area contributed by atoms with Crippen LogP contribution in [-0.4, -0.2) is 29.4 Å². The minimum atomic E-state index is 0.291. The Labute approximate surface area is 174 Å². The highest BCUT2D eigenvalue weighted by atomic mass is 16.5. The second-order valence-corrected chi connectivity index (χ2v) is 7.65. The Balaban J connectivity index is 1.48. The number of rotatable bonds is 5. The molecular weight excluding hydrogens is 376 g/mol. The largest absolute Gasteiger partial charge is 0.485 e. The lowest BCUT2D eigenvalue weighted by molar-refractivity contribution is 0.291. The van der Waals surface area contributed by atoms with Gasteiger partial charge >= 0.3 is 0 Å². The first kappa shape index (κ1) is 18.3. The van der Waals surface area contributed by atoms with Crippen LogP contribution in [-0.2, 0) is 6.61 Å². The predicted molar refractivity (Wildman–Crippen MR) is 115 cm³/mol. The number of hydrogen-bond donors (Lipinski definition) is 0. The van der Waals surface area contributed by atoms with Crippen LogP contribution in [0.3, 0.4) is 0 Å². The van der Waals surface area contributed by atoms with E-state index in [1.54, 1.807) is 17.0 Å². The summed E-state index contributed by atoms with van der Waals surface area (Å²) in [4.78, 5) is 9.24. The van der Waals surface area contributed by atoms with Crippen LogP contribution in [0.25, 0.3) is 22.4 Å². The molecule has 3 heterocycles. The topological polar surface area (TPSA) is 70.1 Å². The van der Waals surface area contributed by atoms with Crippen molar-refractivity contribution in [2.24, 2.45) is 0 Å². The highest BCUT2D eigenvalue weighted by Crippen LogP contribution is 2.28. The quantitative estimate of drug-likeness (QED) is 0.437. The SMILES string of the molecule is Cc1ccc(C(C)C)c(OCc2nc3c4cnn(-c5ccccc5)c4ncn3n2)c1. The van der Waals surface area contributed by atoms with Gasteiger partial charge in [-0.1, -0.05) is 44.2 Å². The molecule has 0 fully saturated rings. The number of fused-ring (bicyclic) bond motifs is 3. The van der Waals surface area contributed by atoms with Crippen LogP contribution in [0.15, 0.2) is 61.1 Å². The van der Waals surface area contributed by atoms with E-state index in [1.165, 1.54) is 5.56 Å². The lowest BCUT2D eigenvalue weighted by atomic mass is 10.0. The zero-order valence-corrected chi connectivity index (χ0v) is 17.1. The number of ether oxygens (including phenoxy) is 1. The molecule has 0 N–H and O–H groups in total. The predicted octanol–water partition coefficient (Wildman–Crippen LogP) is 4.47. The molecule has 0 aliphatic rings. The van der Waals surface area contributed by atoms with E-state index in [1.807, 2.05) is 35.0 Å².